The van der Waals surface area contributed by atoms with Gasteiger partial charge in [-0.25, -0.2) is 4.98 Å². The molecule has 7 nitrogen and oxygen atoms in total. The summed E-state index contributed by atoms with van der Waals surface area (Å²) in [5, 5.41) is 0. The minimum absolute atomic E-state index is 0.407. The van der Waals surface area contributed by atoms with E-state index in [1.165, 1.54) is 6.33 Å². The Morgan fingerprint density at radius 1 is 1.04 bits per heavy atom. The lowest BCUT2D eigenvalue weighted by atomic mass is 10.2. The van der Waals surface area contributed by atoms with Crippen LogP contribution in [0, 0.1) is 0 Å². The van der Waals surface area contributed by atoms with E-state index in [1.807, 2.05) is 34.9 Å². The van der Waals surface area contributed by atoms with Crippen molar-refractivity contribution in [1.29, 1.82) is 0 Å². The first-order valence-electron chi connectivity index (χ1n) is 7.24. The molecule has 0 saturated heterocycles. The summed E-state index contributed by atoms with van der Waals surface area (Å²) in [6, 6.07) is 10.5. The van der Waals surface area contributed by atoms with Crippen LogP contribution < -0.4 is 9.47 Å². The quantitative estimate of drug-likeness (QED) is 0.620. The number of ether oxygens (including phenoxy) is 3. The Hall–Kier alpha value is -2.67. The van der Waals surface area contributed by atoms with Crippen LogP contribution in [0.15, 0.2) is 36.7 Å². The molecule has 3 aromatic rings. The zero-order valence-corrected chi connectivity index (χ0v) is 13.1. The van der Waals surface area contributed by atoms with E-state index < -0.39 is 0 Å². The minimum atomic E-state index is 0.407. The van der Waals surface area contributed by atoms with E-state index in [1.54, 1.807) is 14.2 Å². The third-order valence-corrected chi connectivity index (χ3v) is 3.36. The molecule has 0 aliphatic heterocycles. The van der Waals surface area contributed by atoms with Crippen LogP contribution in [-0.4, -0.2) is 47.0 Å². The standard InChI is InChI=1S/C16H18N4O3/c1-21-8-9-23-16-19-13-14(17-11-18-15(13)22-2)20(16)10-12-6-4-3-5-7-12/h3-7,11H,8-10H2,1-2H3. The van der Waals surface area contributed by atoms with Crippen molar-refractivity contribution in [3.63, 3.8) is 0 Å². The van der Waals surface area contributed by atoms with Gasteiger partial charge in [0, 0.05) is 7.11 Å². The highest BCUT2D eigenvalue weighted by molar-refractivity contribution is 5.77. The van der Waals surface area contributed by atoms with Crippen LogP contribution in [0.2, 0.25) is 0 Å². The molecule has 3 rings (SSSR count). The first-order chi connectivity index (χ1) is 11.3. The van der Waals surface area contributed by atoms with Gasteiger partial charge in [-0.3, -0.25) is 4.57 Å². The molecule has 0 radical (unpaired) electrons. The summed E-state index contributed by atoms with van der Waals surface area (Å²) < 4.78 is 17.9. The third-order valence-electron chi connectivity index (χ3n) is 3.36. The normalized spacial score (nSPS) is 10.9. The number of methoxy groups -OCH3 is 2. The second-order valence-electron chi connectivity index (χ2n) is 4.86. The van der Waals surface area contributed by atoms with Crippen molar-refractivity contribution in [2.75, 3.05) is 27.4 Å². The van der Waals surface area contributed by atoms with E-state index >= 15 is 0 Å². The number of hydrogen-bond acceptors (Lipinski definition) is 6. The Labute approximate surface area is 133 Å². The summed E-state index contributed by atoms with van der Waals surface area (Å²) in [7, 11) is 3.19. The lowest BCUT2D eigenvalue weighted by Crippen LogP contribution is -2.10. The summed E-state index contributed by atoms with van der Waals surface area (Å²) in [5.74, 6) is 0.429. The van der Waals surface area contributed by atoms with Crippen molar-refractivity contribution >= 4 is 11.2 Å². The highest BCUT2D eigenvalue weighted by atomic mass is 16.5. The largest absolute Gasteiger partial charge is 0.479 e. The van der Waals surface area contributed by atoms with Gasteiger partial charge >= 0.3 is 0 Å². The molecule has 0 aliphatic carbocycles. The smallest absolute Gasteiger partial charge is 0.299 e. The van der Waals surface area contributed by atoms with Crippen LogP contribution in [0.5, 0.6) is 11.9 Å². The van der Waals surface area contributed by atoms with Gasteiger partial charge in [0.1, 0.15) is 12.9 Å². The van der Waals surface area contributed by atoms with E-state index in [2.05, 4.69) is 15.0 Å². The van der Waals surface area contributed by atoms with E-state index in [4.69, 9.17) is 14.2 Å². The van der Waals surface area contributed by atoms with Gasteiger partial charge in [0.15, 0.2) is 11.2 Å². The van der Waals surface area contributed by atoms with Gasteiger partial charge in [-0.2, -0.15) is 9.97 Å². The van der Waals surface area contributed by atoms with Crippen LogP contribution in [0.1, 0.15) is 5.56 Å². The summed E-state index contributed by atoms with van der Waals surface area (Å²) in [4.78, 5) is 12.9. The van der Waals surface area contributed by atoms with Crippen molar-refractivity contribution in [1.82, 2.24) is 19.5 Å². The molecule has 0 atom stereocenters. The van der Waals surface area contributed by atoms with Crippen molar-refractivity contribution < 1.29 is 14.2 Å². The van der Waals surface area contributed by atoms with Gasteiger partial charge in [0.25, 0.3) is 6.01 Å². The number of imidazole rings is 1. The molecule has 0 N–H and O–H groups in total. The molecule has 0 spiro atoms. The maximum Gasteiger partial charge on any atom is 0.299 e. The maximum absolute atomic E-state index is 5.74. The van der Waals surface area contributed by atoms with Crippen molar-refractivity contribution in [2.45, 2.75) is 6.54 Å². The van der Waals surface area contributed by atoms with Gasteiger partial charge in [-0.1, -0.05) is 30.3 Å². The van der Waals surface area contributed by atoms with E-state index in [0.717, 1.165) is 5.56 Å². The maximum atomic E-state index is 5.74. The van der Waals surface area contributed by atoms with Gasteiger partial charge in [-0.15, -0.1) is 0 Å². The Morgan fingerprint density at radius 2 is 1.87 bits per heavy atom. The number of fused-ring (bicyclic) bond motifs is 1. The van der Waals surface area contributed by atoms with Crippen LogP contribution in [0.4, 0.5) is 0 Å². The fraction of sp³-hybridized carbons (Fsp3) is 0.312. The van der Waals surface area contributed by atoms with Crippen LogP contribution in [0.3, 0.4) is 0 Å². The molecule has 7 heteroatoms. The molecule has 1 aromatic carbocycles. The number of hydrogen-bond donors (Lipinski definition) is 0. The van der Waals surface area contributed by atoms with Crippen molar-refractivity contribution in [2.24, 2.45) is 0 Å². The molecular weight excluding hydrogens is 296 g/mol. The molecule has 2 aromatic heterocycles. The van der Waals surface area contributed by atoms with Crippen molar-refractivity contribution in [3.05, 3.63) is 42.2 Å². The summed E-state index contributed by atoms with van der Waals surface area (Å²) in [6.45, 7) is 1.49. The predicted octanol–water partition coefficient (Wildman–Crippen LogP) is 1.91. The third kappa shape index (κ3) is 3.24. The first-order valence-corrected chi connectivity index (χ1v) is 7.24. The average molecular weight is 314 g/mol. The second-order valence-corrected chi connectivity index (χ2v) is 4.86. The monoisotopic (exact) mass is 314 g/mol. The van der Waals surface area contributed by atoms with Gasteiger partial charge in [0.05, 0.1) is 20.3 Å². The molecule has 0 bridgehead atoms. The zero-order chi connectivity index (χ0) is 16.1. The van der Waals surface area contributed by atoms with Gasteiger partial charge in [0.2, 0.25) is 5.88 Å². The fourth-order valence-electron chi connectivity index (χ4n) is 2.28. The Morgan fingerprint density at radius 3 is 2.61 bits per heavy atom. The van der Waals surface area contributed by atoms with Crippen molar-refractivity contribution in [3.8, 4) is 11.9 Å². The molecule has 2 heterocycles. The first kappa shape index (κ1) is 15.2. The number of nitrogens with zero attached hydrogens (tertiary/aromatic N) is 4. The van der Waals surface area contributed by atoms with Gasteiger partial charge in [-0.05, 0) is 5.56 Å². The highest BCUT2D eigenvalue weighted by Gasteiger charge is 2.17. The number of benzene rings is 1. The molecule has 0 unspecified atom stereocenters. The molecule has 23 heavy (non-hydrogen) atoms. The predicted molar refractivity (Wildman–Crippen MR) is 84.8 cm³/mol. The average Bonchev–Trinajstić information content (AvgIpc) is 2.94. The minimum Gasteiger partial charge on any atom is -0.479 e. The van der Waals surface area contributed by atoms with Crippen LogP contribution in [-0.2, 0) is 11.3 Å². The van der Waals surface area contributed by atoms with E-state index in [9.17, 15) is 0 Å². The molecule has 0 saturated carbocycles. The molecule has 120 valence electrons. The fourth-order valence-corrected chi connectivity index (χ4v) is 2.28. The summed E-state index contributed by atoms with van der Waals surface area (Å²) >= 11 is 0. The van der Waals surface area contributed by atoms with E-state index in [-0.39, 0.29) is 0 Å². The number of rotatable bonds is 7. The molecule has 0 amide bonds. The Kier molecular flexibility index (Phi) is 4.68. The molecule has 0 aliphatic rings. The second kappa shape index (κ2) is 7.06. The highest BCUT2D eigenvalue weighted by Crippen LogP contribution is 2.26. The topological polar surface area (TPSA) is 71.3 Å². The SMILES string of the molecule is COCCOc1nc2c(OC)ncnc2n1Cc1ccccc1. The van der Waals surface area contributed by atoms with Crippen LogP contribution in [0.25, 0.3) is 11.2 Å². The summed E-state index contributed by atoms with van der Waals surface area (Å²) in [5.41, 5.74) is 2.38. The van der Waals surface area contributed by atoms with Gasteiger partial charge < -0.3 is 14.2 Å². The zero-order valence-electron chi connectivity index (χ0n) is 13.1. The molecular formula is C16H18N4O3. The number of aromatic nitrogens is 4. The lowest BCUT2D eigenvalue weighted by molar-refractivity contribution is 0.139. The molecule has 0 fully saturated rings. The van der Waals surface area contributed by atoms with Crippen LogP contribution >= 0.6 is 0 Å². The Balaban J connectivity index is 2.02. The summed E-state index contributed by atoms with van der Waals surface area (Å²) in [6.07, 6.45) is 1.46. The lowest BCUT2D eigenvalue weighted by Gasteiger charge is -2.09. The van der Waals surface area contributed by atoms with E-state index in [0.29, 0.717) is 42.8 Å². The Bertz CT molecular complexity index is 774.